The zero-order valence-electron chi connectivity index (χ0n) is 13.0. The third-order valence-corrected chi connectivity index (χ3v) is 5.91. The van der Waals surface area contributed by atoms with Gasteiger partial charge in [0.05, 0.1) is 5.69 Å². The Bertz CT molecular complexity index is 824. The van der Waals surface area contributed by atoms with Gasteiger partial charge in [0.25, 0.3) is 5.91 Å². The van der Waals surface area contributed by atoms with E-state index in [2.05, 4.69) is 0 Å². The largest absolute Gasteiger partial charge is 0.333 e. The first-order chi connectivity index (χ1) is 11.6. The Kier molecular flexibility index (Phi) is 3.77. The van der Waals surface area contributed by atoms with E-state index >= 15 is 0 Å². The second kappa shape index (κ2) is 5.83. The zero-order chi connectivity index (χ0) is 16.8. The van der Waals surface area contributed by atoms with Gasteiger partial charge in [-0.25, -0.2) is 9.69 Å². The van der Waals surface area contributed by atoms with Crippen molar-refractivity contribution in [3.63, 3.8) is 0 Å². The molecule has 2 aromatic rings. The fraction of sp³-hybridized carbons (Fsp3) is 0.222. The molecule has 2 fully saturated rings. The van der Waals surface area contributed by atoms with Crippen LogP contribution in [-0.2, 0) is 4.79 Å². The van der Waals surface area contributed by atoms with Gasteiger partial charge in [-0.2, -0.15) is 0 Å². The highest BCUT2D eigenvalue weighted by Gasteiger charge is 2.53. The first-order valence-corrected chi connectivity index (χ1v) is 9.09. The van der Waals surface area contributed by atoms with Gasteiger partial charge in [0.15, 0.2) is 0 Å². The maximum absolute atomic E-state index is 13.0. The topological polar surface area (TPSA) is 40.6 Å². The number of benzene rings is 2. The average molecular weight is 359 g/mol. The monoisotopic (exact) mass is 358 g/mol. The fourth-order valence-corrected chi connectivity index (χ4v) is 4.72. The van der Waals surface area contributed by atoms with Crippen molar-refractivity contribution in [3.05, 3.63) is 64.7 Å². The van der Waals surface area contributed by atoms with E-state index in [4.69, 9.17) is 11.6 Å². The SMILES string of the molecule is Cc1cccc(N2C(=O)[C@@H]3CSC(c4ccc(Cl)cc4)N3C2=O)c1. The Morgan fingerprint density at radius 1 is 1.12 bits per heavy atom. The summed E-state index contributed by atoms with van der Waals surface area (Å²) in [6.07, 6.45) is 0. The number of carbonyl (C=O) groups is 2. The van der Waals surface area contributed by atoms with Gasteiger partial charge in [0.2, 0.25) is 0 Å². The molecule has 0 bridgehead atoms. The van der Waals surface area contributed by atoms with E-state index in [9.17, 15) is 9.59 Å². The van der Waals surface area contributed by atoms with Crippen molar-refractivity contribution in [1.82, 2.24) is 4.90 Å². The Hall–Kier alpha value is -1.98. The molecule has 4 nitrogen and oxygen atoms in total. The Balaban J connectivity index is 1.69. The summed E-state index contributed by atoms with van der Waals surface area (Å²) >= 11 is 7.57. The molecular formula is C18H15ClN2O2S. The molecule has 0 spiro atoms. The Morgan fingerprint density at radius 2 is 1.88 bits per heavy atom. The van der Waals surface area contributed by atoms with Crippen LogP contribution in [0.25, 0.3) is 0 Å². The molecule has 2 aliphatic heterocycles. The predicted octanol–water partition coefficient (Wildman–Crippen LogP) is 4.23. The Labute approximate surface area is 149 Å². The molecule has 0 aliphatic carbocycles. The van der Waals surface area contributed by atoms with Crippen LogP contribution in [-0.4, -0.2) is 28.6 Å². The second-order valence-corrected chi connectivity index (χ2v) is 7.51. The maximum atomic E-state index is 13.0. The zero-order valence-corrected chi connectivity index (χ0v) is 14.6. The molecule has 2 atom stereocenters. The molecule has 2 saturated heterocycles. The highest BCUT2D eigenvalue weighted by Crippen LogP contribution is 2.46. The van der Waals surface area contributed by atoms with Crippen LogP contribution < -0.4 is 4.90 Å². The first kappa shape index (κ1) is 15.5. The summed E-state index contributed by atoms with van der Waals surface area (Å²) in [7, 11) is 0. The lowest BCUT2D eigenvalue weighted by Gasteiger charge is -2.23. The highest BCUT2D eigenvalue weighted by atomic mass is 35.5. The van der Waals surface area contributed by atoms with Crippen LogP contribution in [0.15, 0.2) is 48.5 Å². The number of halogens is 1. The summed E-state index contributed by atoms with van der Waals surface area (Å²) in [6.45, 7) is 1.95. The number of amides is 3. The van der Waals surface area contributed by atoms with Crippen molar-refractivity contribution in [3.8, 4) is 0 Å². The van der Waals surface area contributed by atoms with Crippen LogP contribution in [0.2, 0.25) is 5.02 Å². The van der Waals surface area contributed by atoms with Gasteiger partial charge < -0.3 is 0 Å². The molecule has 0 saturated carbocycles. The quantitative estimate of drug-likeness (QED) is 0.754. The second-order valence-electron chi connectivity index (χ2n) is 5.96. The number of rotatable bonds is 2. The number of anilines is 1. The lowest BCUT2D eigenvalue weighted by Crippen LogP contribution is -2.33. The maximum Gasteiger partial charge on any atom is 0.333 e. The summed E-state index contributed by atoms with van der Waals surface area (Å²) < 4.78 is 0. The number of fused-ring (bicyclic) bond motifs is 1. The molecule has 2 aromatic carbocycles. The number of imide groups is 1. The van der Waals surface area contributed by atoms with Gasteiger partial charge in [0.1, 0.15) is 11.4 Å². The molecule has 2 heterocycles. The number of nitrogens with zero attached hydrogens (tertiary/aromatic N) is 2. The van der Waals surface area contributed by atoms with E-state index in [0.29, 0.717) is 16.5 Å². The number of hydrogen-bond acceptors (Lipinski definition) is 3. The minimum absolute atomic E-state index is 0.144. The van der Waals surface area contributed by atoms with Gasteiger partial charge in [-0.15, -0.1) is 11.8 Å². The van der Waals surface area contributed by atoms with Crippen LogP contribution in [0.5, 0.6) is 0 Å². The molecule has 24 heavy (non-hydrogen) atoms. The van der Waals surface area contributed by atoms with Crippen LogP contribution in [0, 0.1) is 6.92 Å². The van der Waals surface area contributed by atoms with Crippen LogP contribution in [0.1, 0.15) is 16.5 Å². The lowest BCUT2D eigenvalue weighted by molar-refractivity contribution is -0.119. The predicted molar refractivity (Wildman–Crippen MR) is 96.3 cm³/mol. The van der Waals surface area contributed by atoms with Crippen molar-refractivity contribution in [1.29, 1.82) is 0 Å². The molecule has 122 valence electrons. The van der Waals surface area contributed by atoms with Crippen LogP contribution in [0.3, 0.4) is 0 Å². The van der Waals surface area contributed by atoms with Crippen molar-refractivity contribution >= 4 is 41.0 Å². The Morgan fingerprint density at radius 3 is 2.58 bits per heavy atom. The molecule has 3 amide bonds. The summed E-state index contributed by atoms with van der Waals surface area (Å²) in [5, 5.41) is 0.502. The van der Waals surface area contributed by atoms with E-state index in [1.807, 2.05) is 49.4 Å². The minimum atomic E-state index is -0.399. The molecule has 0 N–H and O–H groups in total. The number of aryl methyl sites for hydroxylation is 1. The van der Waals surface area contributed by atoms with Gasteiger partial charge in [0, 0.05) is 10.8 Å². The normalized spacial score (nSPS) is 23.1. The molecule has 2 aliphatic rings. The van der Waals surface area contributed by atoms with Gasteiger partial charge in [-0.1, -0.05) is 35.9 Å². The molecule has 0 radical (unpaired) electrons. The number of urea groups is 1. The summed E-state index contributed by atoms with van der Waals surface area (Å²) in [4.78, 5) is 28.7. The standard InChI is InChI=1S/C18H15ClN2O2S/c1-11-3-2-4-14(9-11)20-16(22)15-10-24-17(21(15)18(20)23)12-5-7-13(19)8-6-12/h2-9,15,17H,10H2,1H3/t15-,17?/m0/s1. The van der Waals surface area contributed by atoms with Crippen molar-refractivity contribution in [2.45, 2.75) is 18.3 Å². The smallest absolute Gasteiger partial charge is 0.295 e. The van der Waals surface area contributed by atoms with E-state index in [1.165, 1.54) is 4.90 Å². The summed E-state index contributed by atoms with van der Waals surface area (Å²) in [6, 6.07) is 14.3. The van der Waals surface area contributed by atoms with E-state index in [-0.39, 0.29) is 17.3 Å². The van der Waals surface area contributed by atoms with E-state index < -0.39 is 6.04 Å². The summed E-state index contributed by atoms with van der Waals surface area (Å²) in [5.74, 6) is 0.467. The van der Waals surface area contributed by atoms with Crippen molar-refractivity contribution < 1.29 is 9.59 Å². The molecule has 1 unspecified atom stereocenters. The van der Waals surface area contributed by atoms with Crippen LogP contribution in [0.4, 0.5) is 10.5 Å². The average Bonchev–Trinajstić information content (AvgIpc) is 3.09. The number of carbonyl (C=O) groups excluding carboxylic acids is 2. The van der Waals surface area contributed by atoms with Crippen LogP contribution >= 0.6 is 23.4 Å². The highest BCUT2D eigenvalue weighted by molar-refractivity contribution is 7.99. The van der Waals surface area contributed by atoms with Crippen molar-refractivity contribution in [2.24, 2.45) is 0 Å². The van der Waals surface area contributed by atoms with Gasteiger partial charge >= 0.3 is 6.03 Å². The summed E-state index contributed by atoms with van der Waals surface area (Å²) in [5.41, 5.74) is 2.64. The minimum Gasteiger partial charge on any atom is -0.295 e. The first-order valence-electron chi connectivity index (χ1n) is 7.66. The third-order valence-electron chi connectivity index (χ3n) is 4.33. The molecule has 4 rings (SSSR count). The van der Waals surface area contributed by atoms with E-state index in [1.54, 1.807) is 22.7 Å². The van der Waals surface area contributed by atoms with Gasteiger partial charge in [-0.05, 0) is 42.3 Å². The lowest BCUT2D eigenvalue weighted by atomic mass is 10.2. The van der Waals surface area contributed by atoms with Gasteiger partial charge in [-0.3, -0.25) is 9.69 Å². The third kappa shape index (κ3) is 2.39. The van der Waals surface area contributed by atoms with Crippen molar-refractivity contribution in [2.75, 3.05) is 10.7 Å². The molecule has 0 aromatic heterocycles. The fourth-order valence-electron chi connectivity index (χ4n) is 3.18. The molecular weight excluding hydrogens is 344 g/mol. The van der Waals surface area contributed by atoms with E-state index in [0.717, 1.165) is 11.1 Å². The molecule has 6 heteroatoms. The number of thioether (sulfide) groups is 1. The number of hydrogen-bond donors (Lipinski definition) is 0.